The Morgan fingerprint density at radius 3 is 2.90 bits per heavy atom. The van der Waals surface area contributed by atoms with Crippen molar-refractivity contribution >= 4 is 6.03 Å². The number of urea groups is 1. The highest BCUT2D eigenvalue weighted by atomic mass is 19.1. The Kier molecular flexibility index (Phi) is 5.42. The maximum atomic E-state index is 13.3. The minimum atomic E-state index is -0.368. The fourth-order valence-electron chi connectivity index (χ4n) is 2.82. The van der Waals surface area contributed by atoms with E-state index in [9.17, 15) is 9.18 Å². The summed E-state index contributed by atoms with van der Waals surface area (Å²) < 4.78 is 18.4. The molecular formula is C16H23FN2O2. The number of methoxy groups -OCH3 is 1. The van der Waals surface area contributed by atoms with Crippen LogP contribution >= 0.6 is 0 Å². The maximum Gasteiger partial charge on any atom is 0.315 e. The molecule has 2 N–H and O–H groups in total. The number of hydrogen-bond donors (Lipinski definition) is 2. The van der Waals surface area contributed by atoms with Crippen LogP contribution in [0.25, 0.3) is 0 Å². The topological polar surface area (TPSA) is 50.4 Å². The first-order chi connectivity index (χ1) is 10.1. The molecule has 0 spiro atoms. The molecule has 0 bridgehead atoms. The summed E-state index contributed by atoms with van der Waals surface area (Å²) in [7, 11) is 1.49. The van der Waals surface area contributed by atoms with Crippen LogP contribution in [0.1, 0.15) is 38.2 Å². The van der Waals surface area contributed by atoms with Gasteiger partial charge in [-0.1, -0.05) is 19.8 Å². The van der Waals surface area contributed by atoms with Gasteiger partial charge in [0.2, 0.25) is 0 Å². The highest BCUT2D eigenvalue weighted by Crippen LogP contribution is 2.23. The Morgan fingerprint density at radius 1 is 1.38 bits per heavy atom. The van der Waals surface area contributed by atoms with Gasteiger partial charge in [0, 0.05) is 18.7 Å². The minimum Gasteiger partial charge on any atom is -0.497 e. The third kappa shape index (κ3) is 4.92. The van der Waals surface area contributed by atoms with Crippen molar-refractivity contribution in [1.82, 2.24) is 10.6 Å². The fourth-order valence-corrected chi connectivity index (χ4v) is 2.82. The van der Waals surface area contributed by atoms with Crippen molar-refractivity contribution in [3.8, 4) is 5.75 Å². The number of ether oxygens (including phenoxy) is 1. The van der Waals surface area contributed by atoms with Gasteiger partial charge in [-0.2, -0.15) is 0 Å². The molecule has 0 aromatic heterocycles. The van der Waals surface area contributed by atoms with E-state index >= 15 is 0 Å². The predicted octanol–water partition coefficient (Wildman–Crippen LogP) is 3.21. The summed E-state index contributed by atoms with van der Waals surface area (Å²) in [5, 5.41) is 5.76. The van der Waals surface area contributed by atoms with Crippen molar-refractivity contribution < 1.29 is 13.9 Å². The van der Waals surface area contributed by atoms with E-state index in [-0.39, 0.29) is 24.4 Å². The molecule has 21 heavy (non-hydrogen) atoms. The zero-order valence-electron chi connectivity index (χ0n) is 12.6. The average Bonchev–Trinajstić information content (AvgIpc) is 2.44. The van der Waals surface area contributed by atoms with Crippen molar-refractivity contribution in [3.05, 3.63) is 29.6 Å². The Bertz CT molecular complexity index is 493. The van der Waals surface area contributed by atoms with Crippen molar-refractivity contribution in [1.29, 1.82) is 0 Å². The maximum absolute atomic E-state index is 13.3. The molecule has 2 atom stereocenters. The van der Waals surface area contributed by atoms with Crippen LogP contribution in [0.15, 0.2) is 18.2 Å². The largest absolute Gasteiger partial charge is 0.497 e. The molecule has 1 aliphatic rings. The first-order valence-corrected chi connectivity index (χ1v) is 7.44. The quantitative estimate of drug-likeness (QED) is 0.896. The molecule has 2 amide bonds. The van der Waals surface area contributed by atoms with E-state index in [2.05, 4.69) is 17.6 Å². The molecule has 0 radical (unpaired) electrons. The van der Waals surface area contributed by atoms with E-state index in [1.807, 2.05) is 0 Å². The second-order valence-corrected chi connectivity index (χ2v) is 5.80. The summed E-state index contributed by atoms with van der Waals surface area (Å²) >= 11 is 0. The Morgan fingerprint density at radius 2 is 2.19 bits per heavy atom. The predicted molar refractivity (Wildman–Crippen MR) is 79.7 cm³/mol. The molecule has 116 valence electrons. The Balaban J connectivity index is 1.82. The number of halogens is 1. The molecule has 2 unspecified atom stereocenters. The summed E-state index contributed by atoms with van der Waals surface area (Å²) in [5.41, 5.74) is 0.680. The summed E-state index contributed by atoms with van der Waals surface area (Å²) in [4.78, 5) is 11.9. The summed E-state index contributed by atoms with van der Waals surface area (Å²) in [6.07, 6.45) is 4.46. The van der Waals surface area contributed by atoms with Gasteiger partial charge in [-0.25, -0.2) is 9.18 Å². The molecule has 2 rings (SSSR count). The van der Waals surface area contributed by atoms with Crippen molar-refractivity contribution in [3.63, 3.8) is 0 Å². The second kappa shape index (κ2) is 7.29. The van der Waals surface area contributed by atoms with Gasteiger partial charge in [-0.3, -0.25) is 0 Å². The molecule has 1 aromatic carbocycles. The highest BCUT2D eigenvalue weighted by Gasteiger charge is 2.20. The normalized spacial score (nSPS) is 21.7. The van der Waals surface area contributed by atoms with Crippen LogP contribution < -0.4 is 15.4 Å². The average molecular weight is 294 g/mol. The van der Waals surface area contributed by atoms with Crippen LogP contribution in [0.2, 0.25) is 0 Å². The zero-order chi connectivity index (χ0) is 15.2. The van der Waals surface area contributed by atoms with Gasteiger partial charge in [-0.15, -0.1) is 0 Å². The first-order valence-electron chi connectivity index (χ1n) is 7.44. The van der Waals surface area contributed by atoms with Crippen LogP contribution in [-0.2, 0) is 6.54 Å². The van der Waals surface area contributed by atoms with E-state index < -0.39 is 0 Å². The lowest BCUT2D eigenvalue weighted by atomic mass is 9.87. The third-order valence-electron chi connectivity index (χ3n) is 3.89. The Labute approximate surface area is 125 Å². The van der Waals surface area contributed by atoms with Crippen LogP contribution in [0.5, 0.6) is 5.75 Å². The van der Waals surface area contributed by atoms with Gasteiger partial charge in [-0.05, 0) is 36.5 Å². The molecule has 1 aromatic rings. The molecule has 1 saturated carbocycles. The zero-order valence-corrected chi connectivity index (χ0v) is 12.6. The number of carbonyl (C=O) groups is 1. The molecule has 5 heteroatoms. The monoisotopic (exact) mass is 294 g/mol. The van der Waals surface area contributed by atoms with E-state index in [1.54, 1.807) is 6.07 Å². The molecule has 1 fully saturated rings. The van der Waals surface area contributed by atoms with Crippen LogP contribution in [0, 0.1) is 11.7 Å². The van der Waals surface area contributed by atoms with E-state index in [1.165, 1.54) is 25.7 Å². The number of hydrogen-bond acceptors (Lipinski definition) is 2. The molecule has 0 saturated heterocycles. The van der Waals surface area contributed by atoms with Crippen molar-refractivity contribution in [2.75, 3.05) is 7.11 Å². The lowest BCUT2D eigenvalue weighted by Crippen LogP contribution is -2.43. The van der Waals surface area contributed by atoms with Crippen LogP contribution in [-0.4, -0.2) is 19.2 Å². The molecule has 4 nitrogen and oxygen atoms in total. The number of nitrogens with one attached hydrogen (secondary N) is 2. The number of rotatable bonds is 4. The lowest BCUT2D eigenvalue weighted by molar-refractivity contribution is 0.227. The minimum absolute atomic E-state index is 0.197. The SMILES string of the molecule is COc1cc(F)cc(CNC(=O)NC2CCCC(C)C2)c1. The second-order valence-electron chi connectivity index (χ2n) is 5.80. The molecule has 1 aliphatic carbocycles. The number of carbonyl (C=O) groups excluding carboxylic acids is 1. The van der Waals surface area contributed by atoms with Gasteiger partial charge in [0.1, 0.15) is 11.6 Å². The van der Waals surface area contributed by atoms with Crippen LogP contribution in [0.3, 0.4) is 0 Å². The van der Waals surface area contributed by atoms with Crippen molar-refractivity contribution in [2.45, 2.75) is 45.2 Å². The molecule has 0 aliphatic heterocycles. The van der Waals surface area contributed by atoms with Gasteiger partial charge in [0.15, 0.2) is 0 Å². The van der Waals surface area contributed by atoms with Gasteiger partial charge < -0.3 is 15.4 Å². The van der Waals surface area contributed by atoms with E-state index in [0.29, 0.717) is 17.2 Å². The Hall–Kier alpha value is -1.78. The van der Waals surface area contributed by atoms with Gasteiger partial charge in [0.05, 0.1) is 7.11 Å². The third-order valence-corrected chi connectivity index (χ3v) is 3.89. The van der Waals surface area contributed by atoms with E-state index in [0.717, 1.165) is 19.3 Å². The number of amides is 2. The summed E-state index contributed by atoms with van der Waals surface area (Å²) in [5.74, 6) is 0.748. The molecular weight excluding hydrogens is 271 g/mol. The highest BCUT2D eigenvalue weighted by molar-refractivity contribution is 5.74. The first kappa shape index (κ1) is 15.6. The standard InChI is InChI=1S/C16H23FN2O2/c1-11-4-3-5-14(6-11)19-16(20)18-10-12-7-13(17)9-15(8-12)21-2/h7-9,11,14H,3-6,10H2,1-2H3,(H2,18,19,20). The summed E-state index contributed by atoms with van der Waals surface area (Å²) in [6, 6.07) is 4.47. The van der Waals surface area contributed by atoms with Crippen molar-refractivity contribution in [2.24, 2.45) is 5.92 Å². The smallest absolute Gasteiger partial charge is 0.315 e. The van der Waals surface area contributed by atoms with E-state index in [4.69, 9.17) is 4.74 Å². The number of benzene rings is 1. The van der Waals surface area contributed by atoms with Gasteiger partial charge >= 0.3 is 6.03 Å². The fraction of sp³-hybridized carbons (Fsp3) is 0.562. The lowest BCUT2D eigenvalue weighted by Gasteiger charge is -2.27. The van der Waals surface area contributed by atoms with Gasteiger partial charge in [0.25, 0.3) is 0 Å². The van der Waals surface area contributed by atoms with Crippen LogP contribution in [0.4, 0.5) is 9.18 Å². The summed E-state index contributed by atoms with van der Waals surface area (Å²) in [6.45, 7) is 2.49. The molecule has 0 heterocycles.